The van der Waals surface area contributed by atoms with Crippen LogP contribution in [-0.2, 0) is 14.8 Å². The van der Waals surface area contributed by atoms with Gasteiger partial charge in [0, 0.05) is 12.6 Å². The smallest absolute Gasteiger partial charge is 0.269 e. The maximum Gasteiger partial charge on any atom is 0.269 e. The third-order valence-electron chi connectivity index (χ3n) is 5.09. The van der Waals surface area contributed by atoms with E-state index in [2.05, 4.69) is 17.8 Å². The molecule has 0 heterocycles. The lowest BCUT2D eigenvalue weighted by atomic mass is 10.2. The van der Waals surface area contributed by atoms with E-state index in [1.807, 2.05) is 6.92 Å². The largest absolute Gasteiger partial charge is 0.493 e. The van der Waals surface area contributed by atoms with Crippen LogP contribution in [0.5, 0.6) is 11.5 Å². The summed E-state index contributed by atoms with van der Waals surface area (Å²) in [4.78, 5) is 24.7. The summed E-state index contributed by atoms with van der Waals surface area (Å²) in [5.74, 6) is -0.336. The van der Waals surface area contributed by atoms with E-state index in [1.165, 1.54) is 32.4 Å². The molecule has 0 saturated carbocycles. The van der Waals surface area contributed by atoms with Crippen molar-refractivity contribution in [3.8, 4) is 11.5 Å². The van der Waals surface area contributed by atoms with Crippen LogP contribution in [0.25, 0.3) is 0 Å². The lowest BCUT2D eigenvalue weighted by Crippen LogP contribution is -2.46. The van der Waals surface area contributed by atoms with Crippen LogP contribution < -0.4 is 20.3 Å². The lowest BCUT2D eigenvalue weighted by Gasteiger charge is -2.17. The van der Waals surface area contributed by atoms with Gasteiger partial charge in [0.1, 0.15) is 0 Å². The van der Waals surface area contributed by atoms with Crippen LogP contribution in [-0.4, -0.2) is 51.8 Å². The van der Waals surface area contributed by atoms with Gasteiger partial charge in [-0.05, 0) is 43.7 Å². The molecule has 2 aromatic carbocycles. The molecule has 0 saturated heterocycles. The van der Waals surface area contributed by atoms with Crippen molar-refractivity contribution >= 4 is 21.8 Å². The predicted octanol–water partition coefficient (Wildman–Crippen LogP) is 3.04. The minimum atomic E-state index is -3.84. The van der Waals surface area contributed by atoms with Crippen LogP contribution in [0.1, 0.15) is 48.5 Å². The Balaban J connectivity index is 1.90. The van der Waals surface area contributed by atoms with Crippen molar-refractivity contribution in [1.29, 1.82) is 0 Å². The van der Waals surface area contributed by atoms with Crippen molar-refractivity contribution in [1.82, 2.24) is 15.2 Å². The van der Waals surface area contributed by atoms with Gasteiger partial charge < -0.3 is 9.47 Å². The highest BCUT2D eigenvalue weighted by Crippen LogP contribution is 2.28. The van der Waals surface area contributed by atoms with E-state index >= 15 is 0 Å². The number of nitrogens with one attached hydrogen (secondary N) is 2. The average Bonchev–Trinajstić information content (AvgIpc) is 2.82. The van der Waals surface area contributed by atoms with Gasteiger partial charge in [-0.1, -0.05) is 43.9 Å². The highest BCUT2D eigenvalue weighted by atomic mass is 32.2. The number of rotatable bonds is 12. The molecule has 0 bridgehead atoms. The number of methoxy groups -OCH3 is 1. The zero-order valence-corrected chi connectivity index (χ0v) is 20.9. The molecule has 0 unspecified atom stereocenters. The van der Waals surface area contributed by atoms with Crippen LogP contribution in [0.15, 0.2) is 47.4 Å². The predicted molar refractivity (Wildman–Crippen MR) is 129 cm³/mol. The molecule has 0 fully saturated rings. The number of hydrazine groups is 1. The number of benzene rings is 2. The minimum absolute atomic E-state index is 0.0807. The number of carbonyl (C=O) groups is 2. The molecule has 0 aliphatic carbocycles. The van der Waals surface area contributed by atoms with Crippen LogP contribution in [0, 0.1) is 6.92 Å². The van der Waals surface area contributed by atoms with Gasteiger partial charge >= 0.3 is 0 Å². The van der Waals surface area contributed by atoms with Gasteiger partial charge in [-0.25, -0.2) is 8.42 Å². The summed E-state index contributed by atoms with van der Waals surface area (Å²) in [5, 5.41) is 0. The third kappa shape index (κ3) is 7.74. The monoisotopic (exact) mass is 491 g/mol. The van der Waals surface area contributed by atoms with Gasteiger partial charge in [0.15, 0.2) is 11.5 Å². The SMILES string of the molecule is CCCCCCOc1ccc(C(=O)NNC(=O)CN(C)S(=O)(=O)c2ccc(C)cc2)cc1OC. The second-order valence-corrected chi connectivity index (χ2v) is 9.90. The van der Waals surface area contributed by atoms with Gasteiger partial charge in [0.2, 0.25) is 10.0 Å². The standard InChI is InChI=1S/C24H33N3O6S/c1-5-6-7-8-15-33-21-14-11-19(16-22(21)32-4)24(29)26-25-23(28)17-27(3)34(30,31)20-12-9-18(2)10-13-20/h9-14,16H,5-8,15,17H2,1-4H3,(H,25,28)(H,26,29). The zero-order chi connectivity index (χ0) is 25.1. The second kappa shape index (κ2) is 13.0. The minimum Gasteiger partial charge on any atom is -0.493 e. The van der Waals surface area contributed by atoms with E-state index in [4.69, 9.17) is 9.47 Å². The number of nitrogens with zero attached hydrogens (tertiary/aromatic N) is 1. The molecule has 0 radical (unpaired) electrons. The summed E-state index contributed by atoms with van der Waals surface area (Å²) in [6.45, 7) is 4.07. The molecular formula is C24H33N3O6S. The van der Waals surface area contributed by atoms with E-state index in [9.17, 15) is 18.0 Å². The van der Waals surface area contributed by atoms with Gasteiger partial charge in [0.25, 0.3) is 11.8 Å². The Labute approximate surface area is 201 Å². The molecular weight excluding hydrogens is 458 g/mol. The molecule has 0 aromatic heterocycles. The Morgan fingerprint density at radius 3 is 2.32 bits per heavy atom. The number of ether oxygens (including phenoxy) is 2. The fourth-order valence-corrected chi connectivity index (χ4v) is 4.18. The Morgan fingerprint density at radius 1 is 0.971 bits per heavy atom. The summed E-state index contributed by atoms with van der Waals surface area (Å²) < 4.78 is 37.2. The summed E-state index contributed by atoms with van der Waals surface area (Å²) in [6.07, 6.45) is 4.31. The summed E-state index contributed by atoms with van der Waals surface area (Å²) in [6, 6.07) is 11.0. The maximum atomic E-state index is 12.6. The molecule has 34 heavy (non-hydrogen) atoms. The molecule has 2 amide bonds. The van der Waals surface area contributed by atoms with E-state index in [1.54, 1.807) is 24.3 Å². The van der Waals surface area contributed by atoms with Crippen molar-refractivity contribution < 1.29 is 27.5 Å². The molecule has 2 rings (SSSR count). The molecule has 0 spiro atoms. The van der Waals surface area contributed by atoms with Crippen LogP contribution in [0.3, 0.4) is 0 Å². The number of aryl methyl sites for hydroxylation is 1. The Morgan fingerprint density at radius 2 is 1.68 bits per heavy atom. The number of unbranched alkanes of at least 4 members (excludes halogenated alkanes) is 3. The number of likely N-dealkylation sites (N-methyl/N-ethyl adjacent to an activating group) is 1. The Kier molecular flexibility index (Phi) is 10.3. The Hall–Kier alpha value is -3.11. The Bertz CT molecular complexity index is 1070. The first-order chi connectivity index (χ1) is 16.2. The summed E-state index contributed by atoms with van der Waals surface area (Å²) in [5.41, 5.74) is 5.69. The second-order valence-electron chi connectivity index (χ2n) is 7.85. The fourth-order valence-electron chi connectivity index (χ4n) is 3.05. The van der Waals surface area contributed by atoms with Crippen molar-refractivity contribution in [2.75, 3.05) is 27.3 Å². The van der Waals surface area contributed by atoms with E-state index in [0.717, 1.165) is 35.6 Å². The average molecular weight is 492 g/mol. The number of carbonyl (C=O) groups excluding carboxylic acids is 2. The molecule has 0 atom stereocenters. The van der Waals surface area contributed by atoms with Crippen LogP contribution in [0.4, 0.5) is 0 Å². The van der Waals surface area contributed by atoms with Crippen LogP contribution in [0.2, 0.25) is 0 Å². The van der Waals surface area contributed by atoms with Crippen LogP contribution >= 0.6 is 0 Å². The highest BCUT2D eigenvalue weighted by molar-refractivity contribution is 7.89. The normalized spacial score (nSPS) is 11.2. The highest BCUT2D eigenvalue weighted by Gasteiger charge is 2.23. The van der Waals surface area contributed by atoms with Crippen molar-refractivity contribution in [2.45, 2.75) is 44.4 Å². The number of sulfonamides is 1. The van der Waals surface area contributed by atoms with E-state index in [-0.39, 0.29) is 10.5 Å². The van der Waals surface area contributed by atoms with Gasteiger partial charge in [-0.2, -0.15) is 4.31 Å². The number of hydrogen-bond donors (Lipinski definition) is 2. The van der Waals surface area contributed by atoms with Crippen molar-refractivity contribution in [3.05, 3.63) is 53.6 Å². The van der Waals surface area contributed by atoms with Crippen molar-refractivity contribution in [3.63, 3.8) is 0 Å². The first kappa shape index (κ1) is 27.1. The van der Waals surface area contributed by atoms with Gasteiger partial charge in [-0.15, -0.1) is 0 Å². The molecule has 9 nitrogen and oxygen atoms in total. The molecule has 2 N–H and O–H groups in total. The van der Waals surface area contributed by atoms with Gasteiger partial charge in [-0.3, -0.25) is 20.4 Å². The lowest BCUT2D eigenvalue weighted by molar-refractivity contribution is -0.121. The fraction of sp³-hybridized carbons (Fsp3) is 0.417. The third-order valence-corrected chi connectivity index (χ3v) is 6.91. The van der Waals surface area contributed by atoms with E-state index < -0.39 is 28.4 Å². The molecule has 10 heteroatoms. The topological polar surface area (TPSA) is 114 Å². The van der Waals surface area contributed by atoms with Gasteiger partial charge in [0.05, 0.1) is 25.2 Å². The summed E-state index contributed by atoms with van der Waals surface area (Å²) in [7, 11) is -1.07. The van der Waals surface area contributed by atoms with Crippen molar-refractivity contribution in [2.24, 2.45) is 0 Å². The number of hydrogen-bond acceptors (Lipinski definition) is 6. The molecule has 0 aliphatic heterocycles. The molecule has 2 aromatic rings. The first-order valence-corrected chi connectivity index (χ1v) is 12.6. The maximum absolute atomic E-state index is 12.6. The number of amides is 2. The summed E-state index contributed by atoms with van der Waals surface area (Å²) >= 11 is 0. The first-order valence-electron chi connectivity index (χ1n) is 11.1. The van der Waals surface area contributed by atoms with E-state index in [0.29, 0.717) is 18.1 Å². The quantitative estimate of drug-likeness (QED) is 0.348. The zero-order valence-electron chi connectivity index (χ0n) is 20.1. The molecule has 0 aliphatic rings. The molecule has 186 valence electrons.